The second-order valence-electron chi connectivity index (χ2n) is 6.77. The number of anilines is 1. The van der Waals surface area contributed by atoms with Gasteiger partial charge in [-0.1, -0.05) is 20.8 Å². The predicted octanol–water partition coefficient (Wildman–Crippen LogP) is 3.41. The second-order valence-corrected chi connectivity index (χ2v) is 9.69. The highest BCUT2D eigenvalue weighted by atomic mass is 32.2. The van der Waals surface area contributed by atoms with Crippen LogP contribution in [0.3, 0.4) is 0 Å². The van der Waals surface area contributed by atoms with E-state index in [4.69, 9.17) is 0 Å². The first-order valence-electron chi connectivity index (χ1n) is 7.66. The van der Waals surface area contributed by atoms with Gasteiger partial charge in [-0.25, -0.2) is 13.4 Å². The highest BCUT2D eigenvalue weighted by Gasteiger charge is 2.22. The van der Waals surface area contributed by atoms with Crippen LogP contribution in [0.4, 0.5) is 11.4 Å². The van der Waals surface area contributed by atoms with Gasteiger partial charge in [-0.15, -0.1) is 11.3 Å². The Balaban J connectivity index is 2.09. The zero-order valence-corrected chi connectivity index (χ0v) is 16.2. The van der Waals surface area contributed by atoms with Crippen LogP contribution in [0.15, 0.2) is 28.5 Å². The Bertz CT molecular complexity index is 883. The number of nitro groups is 1. The van der Waals surface area contributed by atoms with Crippen LogP contribution in [-0.4, -0.2) is 31.1 Å². The summed E-state index contributed by atoms with van der Waals surface area (Å²) in [5.74, 6) is 0. The van der Waals surface area contributed by atoms with E-state index in [1.54, 1.807) is 11.3 Å². The van der Waals surface area contributed by atoms with Crippen molar-refractivity contribution in [1.82, 2.24) is 4.98 Å². The number of nitrogens with zero attached hydrogens (tertiary/aromatic N) is 2. The van der Waals surface area contributed by atoms with Crippen LogP contribution in [0.25, 0.3) is 0 Å². The standard InChI is InChI=1S/C16H21N3O4S2/c1-16(2,3)14-10-24-15(18-14)7-8-17-11-5-6-12(19(20)21)13(9-11)25(4,22)23/h5-6,9-10,17H,7-8H2,1-4H3. The van der Waals surface area contributed by atoms with Crippen LogP contribution in [0.1, 0.15) is 31.5 Å². The van der Waals surface area contributed by atoms with Crippen molar-refractivity contribution >= 4 is 32.5 Å². The molecule has 1 N–H and O–H groups in total. The predicted molar refractivity (Wildman–Crippen MR) is 99.2 cm³/mol. The molecule has 0 spiro atoms. The Labute approximate surface area is 151 Å². The number of rotatable bonds is 6. The van der Waals surface area contributed by atoms with Crippen molar-refractivity contribution in [3.63, 3.8) is 0 Å². The molecule has 25 heavy (non-hydrogen) atoms. The fourth-order valence-electron chi connectivity index (χ4n) is 2.16. The van der Waals surface area contributed by atoms with E-state index in [1.165, 1.54) is 18.2 Å². The van der Waals surface area contributed by atoms with Gasteiger partial charge in [0.25, 0.3) is 5.69 Å². The van der Waals surface area contributed by atoms with Crippen molar-refractivity contribution in [2.75, 3.05) is 18.1 Å². The van der Waals surface area contributed by atoms with Gasteiger partial charge in [-0.05, 0) is 12.1 Å². The smallest absolute Gasteiger partial charge is 0.288 e. The Morgan fingerprint density at radius 2 is 2.00 bits per heavy atom. The lowest BCUT2D eigenvalue weighted by molar-refractivity contribution is -0.387. The molecule has 136 valence electrons. The minimum Gasteiger partial charge on any atom is -0.385 e. The molecule has 0 aliphatic heterocycles. The van der Waals surface area contributed by atoms with Gasteiger partial charge in [-0.2, -0.15) is 0 Å². The van der Waals surface area contributed by atoms with E-state index in [-0.39, 0.29) is 10.3 Å². The number of sulfone groups is 1. The third kappa shape index (κ3) is 4.99. The molecule has 7 nitrogen and oxygen atoms in total. The summed E-state index contributed by atoms with van der Waals surface area (Å²) in [4.78, 5) is 14.6. The molecule has 1 aromatic carbocycles. The van der Waals surface area contributed by atoms with Crippen molar-refractivity contribution in [1.29, 1.82) is 0 Å². The first-order chi connectivity index (χ1) is 11.5. The van der Waals surface area contributed by atoms with Crippen LogP contribution in [-0.2, 0) is 21.7 Å². The fourth-order valence-corrected chi connectivity index (χ4v) is 4.04. The van der Waals surface area contributed by atoms with E-state index in [0.29, 0.717) is 18.7 Å². The summed E-state index contributed by atoms with van der Waals surface area (Å²) in [6, 6.07) is 4.02. The zero-order chi connectivity index (χ0) is 18.8. The summed E-state index contributed by atoms with van der Waals surface area (Å²) in [5.41, 5.74) is 1.16. The largest absolute Gasteiger partial charge is 0.385 e. The highest BCUT2D eigenvalue weighted by molar-refractivity contribution is 7.90. The Kier molecular flexibility index (Phi) is 5.48. The number of hydrogen-bond acceptors (Lipinski definition) is 7. The molecule has 0 fully saturated rings. The average molecular weight is 383 g/mol. The number of hydrogen-bond donors (Lipinski definition) is 1. The fraction of sp³-hybridized carbons (Fsp3) is 0.438. The molecule has 0 radical (unpaired) electrons. The first kappa shape index (κ1) is 19.3. The van der Waals surface area contributed by atoms with Crippen molar-refractivity contribution in [3.8, 4) is 0 Å². The molecule has 0 bridgehead atoms. The summed E-state index contributed by atoms with van der Waals surface area (Å²) < 4.78 is 23.5. The van der Waals surface area contributed by atoms with Crippen LogP contribution < -0.4 is 5.32 Å². The van der Waals surface area contributed by atoms with Gasteiger partial charge in [0, 0.05) is 41.8 Å². The van der Waals surface area contributed by atoms with E-state index in [9.17, 15) is 18.5 Å². The lowest BCUT2D eigenvalue weighted by Gasteiger charge is -2.14. The van der Waals surface area contributed by atoms with Crippen molar-refractivity contribution in [2.45, 2.75) is 37.5 Å². The molecule has 2 rings (SSSR count). The molecule has 9 heteroatoms. The highest BCUT2D eigenvalue weighted by Crippen LogP contribution is 2.27. The van der Waals surface area contributed by atoms with Crippen LogP contribution >= 0.6 is 11.3 Å². The van der Waals surface area contributed by atoms with Gasteiger partial charge in [0.15, 0.2) is 9.84 Å². The SMILES string of the molecule is CC(C)(C)c1csc(CCNc2ccc([N+](=O)[O-])c(S(C)(=O)=O)c2)n1. The summed E-state index contributed by atoms with van der Waals surface area (Å²) in [5, 5.41) is 17.1. The first-order valence-corrected chi connectivity index (χ1v) is 10.4. The van der Waals surface area contributed by atoms with Crippen LogP contribution in [0.5, 0.6) is 0 Å². The number of benzene rings is 1. The molecule has 0 saturated carbocycles. The number of aromatic nitrogens is 1. The van der Waals surface area contributed by atoms with Gasteiger partial charge in [-0.3, -0.25) is 10.1 Å². The number of nitro benzene ring substituents is 1. The maximum absolute atomic E-state index is 11.8. The van der Waals surface area contributed by atoms with E-state index >= 15 is 0 Å². The molecule has 1 heterocycles. The molecule has 0 amide bonds. The van der Waals surface area contributed by atoms with E-state index in [1.807, 2.05) is 5.38 Å². The van der Waals surface area contributed by atoms with E-state index < -0.39 is 20.4 Å². The molecule has 2 aromatic rings. The molecule has 0 atom stereocenters. The Morgan fingerprint density at radius 3 is 2.52 bits per heavy atom. The van der Waals surface area contributed by atoms with E-state index in [0.717, 1.165) is 17.0 Å². The molecule has 0 aliphatic rings. The van der Waals surface area contributed by atoms with Crippen LogP contribution in [0, 0.1) is 10.1 Å². The van der Waals surface area contributed by atoms with Crippen molar-refractivity contribution < 1.29 is 13.3 Å². The van der Waals surface area contributed by atoms with E-state index in [2.05, 4.69) is 31.1 Å². The molecule has 0 unspecified atom stereocenters. The molecule has 0 saturated heterocycles. The van der Waals surface area contributed by atoms with Gasteiger partial charge in [0.1, 0.15) is 4.90 Å². The summed E-state index contributed by atoms with van der Waals surface area (Å²) >= 11 is 1.59. The zero-order valence-electron chi connectivity index (χ0n) is 14.6. The molecular weight excluding hydrogens is 362 g/mol. The monoisotopic (exact) mass is 383 g/mol. The maximum atomic E-state index is 11.8. The number of thiazole rings is 1. The lowest BCUT2D eigenvalue weighted by atomic mass is 9.93. The van der Waals surface area contributed by atoms with Gasteiger partial charge < -0.3 is 5.32 Å². The molecular formula is C16H21N3O4S2. The maximum Gasteiger partial charge on any atom is 0.288 e. The quantitative estimate of drug-likeness (QED) is 0.606. The summed E-state index contributed by atoms with van der Waals surface area (Å²) in [6.45, 7) is 6.87. The average Bonchev–Trinajstić information content (AvgIpc) is 2.95. The van der Waals surface area contributed by atoms with Gasteiger partial charge >= 0.3 is 0 Å². The third-order valence-electron chi connectivity index (χ3n) is 3.54. The Hall–Kier alpha value is -2.00. The Morgan fingerprint density at radius 1 is 1.32 bits per heavy atom. The lowest BCUT2D eigenvalue weighted by Crippen LogP contribution is -2.12. The number of nitrogens with one attached hydrogen (secondary N) is 1. The third-order valence-corrected chi connectivity index (χ3v) is 5.58. The molecule has 1 aromatic heterocycles. The normalized spacial score (nSPS) is 12.2. The van der Waals surface area contributed by atoms with Crippen molar-refractivity contribution in [3.05, 3.63) is 44.4 Å². The minimum absolute atomic E-state index is 0.00489. The summed E-state index contributed by atoms with van der Waals surface area (Å²) in [6.07, 6.45) is 1.65. The molecule has 0 aliphatic carbocycles. The van der Waals surface area contributed by atoms with Gasteiger partial charge in [0.2, 0.25) is 0 Å². The minimum atomic E-state index is -3.68. The van der Waals surface area contributed by atoms with Crippen LogP contribution in [0.2, 0.25) is 0 Å². The second kappa shape index (κ2) is 7.09. The summed E-state index contributed by atoms with van der Waals surface area (Å²) in [7, 11) is -3.68. The topological polar surface area (TPSA) is 102 Å². The van der Waals surface area contributed by atoms with Crippen molar-refractivity contribution in [2.24, 2.45) is 0 Å². The van der Waals surface area contributed by atoms with Gasteiger partial charge in [0.05, 0.1) is 15.6 Å².